The van der Waals surface area contributed by atoms with Gasteiger partial charge in [-0.1, -0.05) is 0 Å². The zero-order valence-corrected chi connectivity index (χ0v) is 9.68. The minimum absolute atomic E-state index is 0.316. The summed E-state index contributed by atoms with van der Waals surface area (Å²) in [6.07, 6.45) is 0.833. The van der Waals surface area contributed by atoms with Crippen molar-refractivity contribution in [3.05, 3.63) is 42.3 Å². The number of carbonyl (C=O) groups excluding carboxylic acids is 1. The summed E-state index contributed by atoms with van der Waals surface area (Å²) in [4.78, 5) is 11.7. The number of benzene rings is 1. The van der Waals surface area contributed by atoms with Gasteiger partial charge in [-0.3, -0.25) is 9.89 Å². The van der Waals surface area contributed by atoms with Crippen LogP contribution in [0, 0.1) is 5.82 Å². The van der Waals surface area contributed by atoms with Crippen molar-refractivity contribution >= 4 is 11.7 Å². The fourth-order valence-corrected chi connectivity index (χ4v) is 1.33. The Labute approximate surface area is 103 Å². The zero-order valence-electron chi connectivity index (χ0n) is 9.68. The van der Waals surface area contributed by atoms with Crippen LogP contribution in [0.4, 0.5) is 10.2 Å². The summed E-state index contributed by atoms with van der Waals surface area (Å²) in [5.41, 5.74) is 0. The van der Waals surface area contributed by atoms with Gasteiger partial charge in [0, 0.05) is 6.07 Å². The maximum atomic E-state index is 12.7. The van der Waals surface area contributed by atoms with Crippen LogP contribution < -0.4 is 10.1 Å². The Morgan fingerprint density at radius 1 is 1.39 bits per heavy atom. The second-order valence-electron chi connectivity index (χ2n) is 3.67. The van der Waals surface area contributed by atoms with E-state index in [1.807, 2.05) is 0 Å². The van der Waals surface area contributed by atoms with Gasteiger partial charge in [-0.15, -0.1) is 0 Å². The number of rotatable bonds is 4. The van der Waals surface area contributed by atoms with Gasteiger partial charge in [0.2, 0.25) is 0 Å². The first-order valence-corrected chi connectivity index (χ1v) is 5.37. The fraction of sp³-hybridized carbons (Fsp3) is 0.167. The molecule has 1 aromatic heterocycles. The Morgan fingerprint density at radius 2 is 2.11 bits per heavy atom. The van der Waals surface area contributed by atoms with Gasteiger partial charge in [0.05, 0.1) is 6.20 Å². The number of H-pyrrole nitrogens is 1. The molecule has 1 unspecified atom stereocenters. The number of hydrogen-bond acceptors (Lipinski definition) is 3. The second kappa shape index (κ2) is 5.31. The second-order valence-corrected chi connectivity index (χ2v) is 3.67. The summed E-state index contributed by atoms with van der Waals surface area (Å²) in [5, 5.41) is 8.91. The third kappa shape index (κ3) is 3.07. The minimum atomic E-state index is -0.696. The minimum Gasteiger partial charge on any atom is -0.481 e. The number of nitrogens with one attached hydrogen (secondary N) is 2. The molecule has 0 aliphatic carbocycles. The van der Waals surface area contributed by atoms with E-state index in [2.05, 4.69) is 15.5 Å². The lowest BCUT2D eigenvalue weighted by Gasteiger charge is -2.13. The molecule has 0 spiro atoms. The lowest BCUT2D eigenvalue weighted by atomic mass is 10.3. The van der Waals surface area contributed by atoms with E-state index < -0.39 is 6.10 Å². The van der Waals surface area contributed by atoms with E-state index in [0.29, 0.717) is 11.6 Å². The number of carbonyl (C=O) groups is 1. The van der Waals surface area contributed by atoms with Crippen molar-refractivity contribution in [3.8, 4) is 5.75 Å². The van der Waals surface area contributed by atoms with E-state index in [4.69, 9.17) is 4.74 Å². The largest absolute Gasteiger partial charge is 0.481 e. The predicted molar refractivity (Wildman–Crippen MR) is 63.7 cm³/mol. The van der Waals surface area contributed by atoms with Gasteiger partial charge in [-0.25, -0.2) is 4.39 Å². The van der Waals surface area contributed by atoms with Gasteiger partial charge in [-0.05, 0) is 31.2 Å². The van der Waals surface area contributed by atoms with E-state index >= 15 is 0 Å². The monoisotopic (exact) mass is 249 g/mol. The van der Waals surface area contributed by atoms with Crippen LogP contribution in [0.5, 0.6) is 5.75 Å². The lowest BCUT2D eigenvalue weighted by molar-refractivity contribution is -0.122. The van der Waals surface area contributed by atoms with Crippen LogP contribution in [0.25, 0.3) is 0 Å². The van der Waals surface area contributed by atoms with Crippen LogP contribution >= 0.6 is 0 Å². The van der Waals surface area contributed by atoms with E-state index in [9.17, 15) is 9.18 Å². The van der Waals surface area contributed by atoms with Crippen molar-refractivity contribution in [1.29, 1.82) is 0 Å². The first kappa shape index (κ1) is 12.1. The highest BCUT2D eigenvalue weighted by molar-refractivity contribution is 5.93. The van der Waals surface area contributed by atoms with Crippen molar-refractivity contribution in [2.75, 3.05) is 5.32 Å². The molecule has 0 saturated carbocycles. The molecule has 5 nitrogen and oxygen atoms in total. The fourth-order valence-electron chi connectivity index (χ4n) is 1.33. The van der Waals surface area contributed by atoms with Crippen molar-refractivity contribution in [3.63, 3.8) is 0 Å². The normalized spacial score (nSPS) is 11.9. The van der Waals surface area contributed by atoms with Crippen molar-refractivity contribution in [2.45, 2.75) is 13.0 Å². The quantitative estimate of drug-likeness (QED) is 0.870. The molecule has 94 valence electrons. The van der Waals surface area contributed by atoms with Crippen LogP contribution in [0.2, 0.25) is 0 Å². The standard InChI is InChI=1S/C12H12FN3O2/c1-8(12(17)15-11-6-7-14-16-11)18-10-4-2-9(13)3-5-10/h2-8H,1H3,(H2,14,15,16,17). The molecule has 1 atom stereocenters. The molecule has 0 aliphatic heterocycles. The molecule has 0 saturated heterocycles. The first-order valence-electron chi connectivity index (χ1n) is 5.37. The molecule has 2 aromatic rings. The molecule has 18 heavy (non-hydrogen) atoms. The molecule has 0 radical (unpaired) electrons. The molecule has 2 N–H and O–H groups in total. The smallest absolute Gasteiger partial charge is 0.266 e. The van der Waals surface area contributed by atoms with E-state index in [0.717, 1.165) is 0 Å². The lowest BCUT2D eigenvalue weighted by Crippen LogP contribution is -2.30. The third-order valence-corrected chi connectivity index (χ3v) is 2.25. The first-order chi connectivity index (χ1) is 8.65. The Balaban J connectivity index is 1.93. The van der Waals surface area contributed by atoms with Crippen LogP contribution in [-0.2, 0) is 4.79 Å². The Morgan fingerprint density at radius 3 is 2.72 bits per heavy atom. The zero-order chi connectivity index (χ0) is 13.0. The summed E-state index contributed by atoms with van der Waals surface area (Å²) in [6, 6.07) is 7.11. The number of hydrogen-bond donors (Lipinski definition) is 2. The van der Waals surface area contributed by atoms with Gasteiger partial charge in [0.15, 0.2) is 6.10 Å². The number of anilines is 1. The van der Waals surface area contributed by atoms with Gasteiger partial charge in [0.25, 0.3) is 5.91 Å². The number of nitrogens with zero attached hydrogens (tertiary/aromatic N) is 1. The van der Waals surface area contributed by atoms with Gasteiger partial charge >= 0.3 is 0 Å². The van der Waals surface area contributed by atoms with Crippen LogP contribution in [-0.4, -0.2) is 22.2 Å². The number of amides is 1. The van der Waals surface area contributed by atoms with Gasteiger partial charge < -0.3 is 10.1 Å². The Hall–Kier alpha value is -2.37. The predicted octanol–water partition coefficient (Wildman–Crippen LogP) is 1.95. The molecule has 0 bridgehead atoms. The van der Waals surface area contributed by atoms with E-state index in [1.165, 1.54) is 30.5 Å². The average molecular weight is 249 g/mol. The maximum absolute atomic E-state index is 12.7. The third-order valence-electron chi connectivity index (χ3n) is 2.25. The summed E-state index contributed by atoms with van der Waals surface area (Å²) < 4.78 is 18.1. The average Bonchev–Trinajstić information content (AvgIpc) is 2.85. The molecule has 2 rings (SSSR count). The number of aromatic nitrogens is 2. The summed E-state index contributed by atoms with van der Waals surface area (Å²) in [6.45, 7) is 1.61. The molecule has 6 heteroatoms. The highest BCUT2D eigenvalue weighted by Crippen LogP contribution is 2.13. The molecule has 0 fully saturated rings. The van der Waals surface area contributed by atoms with E-state index in [-0.39, 0.29) is 11.7 Å². The van der Waals surface area contributed by atoms with Crippen molar-refractivity contribution in [1.82, 2.24) is 10.2 Å². The molecule has 1 heterocycles. The number of halogens is 1. The molecule has 1 aromatic carbocycles. The molecular weight excluding hydrogens is 237 g/mol. The number of aromatic amines is 1. The number of ether oxygens (including phenoxy) is 1. The topological polar surface area (TPSA) is 67.0 Å². The van der Waals surface area contributed by atoms with Crippen molar-refractivity contribution < 1.29 is 13.9 Å². The van der Waals surface area contributed by atoms with Gasteiger partial charge in [-0.2, -0.15) is 5.10 Å². The molecule has 0 aliphatic rings. The van der Waals surface area contributed by atoms with Crippen LogP contribution in [0.15, 0.2) is 36.5 Å². The maximum Gasteiger partial charge on any atom is 0.266 e. The van der Waals surface area contributed by atoms with Crippen LogP contribution in [0.3, 0.4) is 0 Å². The highest BCUT2D eigenvalue weighted by atomic mass is 19.1. The summed E-state index contributed by atoms with van der Waals surface area (Å²) in [7, 11) is 0. The molecule has 1 amide bonds. The van der Waals surface area contributed by atoms with Gasteiger partial charge in [0.1, 0.15) is 17.4 Å². The van der Waals surface area contributed by atoms with Crippen LogP contribution in [0.1, 0.15) is 6.92 Å². The summed E-state index contributed by atoms with van der Waals surface area (Å²) >= 11 is 0. The SMILES string of the molecule is CC(Oc1ccc(F)cc1)C(=O)Nc1ccn[nH]1. The Kier molecular flexibility index (Phi) is 3.57. The summed E-state index contributed by atoms with van der Waals surface area (Å²) in [5.74, 6) is 0.263. The highest BCUT2D eigenvalue weighted by Gasteiger charge is 2.15. The van der Waals surface area contributed by atoms with Crippen molar-refractivity contribution in [2.24, 2.45) is 0 Å². The Bertz CT molecular complexity index is 511. The van der Waals surface area contributed by atoms with E-state index in [1.54, 1.807) is 13.0 Å². The molecular formula is C12H12FN3O2.